The lowest BCUT2D eigenvalue weighted by Crippen LogP contribution is -2.48. The van der Waals surface area contributed by atoms with E-state index < -0.39 is 15.5 Å². The number of nitrogens with one attached hydrogen (secondary N) is 1. The van der Waals surface area contributed by atoms with Crippen molar-refractivity contribution in [1.82, 2.24) is 29.5 Å². The molecule has 36 heavy (non-hydrogen) atoms. The quantitative estimate of drug-likeness (QED) is 0.374. The predicted molar refractivity (Wildman–Crippen MR) is 134 cm³/mol. The molecule has 3 N–H and O–H groups in total. The Morgan fingerprint density at radius 1 is 1.19 bits per heavy atom. The van der Waals surface area contributed by atoms with Crippen molar-refractivity contribution in [3.05, 3.63) is 42.4 Å². The highest BCUT2D eigenvalue weighted by atomic mass is 32.2. The van der Waals surface area contributed by atoms with Gasteiger partial charge in [-0.2, -0.15) is 19.5 Å². The van der Waals surface area contributed by atoms with Gasteiger partial charge in [-0.25, -0.2) is 13.4 Å². The number of hydrogen-bond acceptors (Lipinski definition) is 11. The van der Waals surface area contributed by atoms with E-state index in [2.05, 4.69) is 25.0 Å². The summed E-state index contributed by atoms with van der Waals surface area (Å²) in [4.78, 5) is 19.6. The van der Waals surface area contributed by atoms with Crippen molar-refractivity contribution in [2.75, 3.05) is 68.1 Å². The highest BCUT2D eigenvalue weighted by molar-refractivity contribution is 7.91. The Kier molecular flexibility index (Phi) is 6.22. The van der Waals surface area contributed by atoms with E-state index in [9.17, 15) is 8.60 Å². The zero-order valence-corrected chi connectivity index (χ0v) is 20.8. The van der Waals surface area contributed by atoms with Crippen molar-refractivity contribution < 1.29 is 13.0 Å². The zero-order chi connectivity index (χ0) is 25.4. The van der Waals surface area contributed by atoms with E-state index in [4.69, 9.17) is 14.9 Å². The first-order chi connectivity index (χ1) is 17.2. The summed E-state index contributed by atoms with van der Waals surface area (Å²) >= 11 is 0. The maximum absolute atomic E-state index is 14.6. The van der Waals surface area contributed by atoms with Gasteiger partial charge in [-0.05, 0) is 30.3 Å². The Morgan fingerprint density at radius 3 is 2.64 bits per heavy atom. The Balaban J connectivity index is 1.19. The second-order valence-electron chi connectivity index (χ2n) is 8.71. The Labute approximate surface area is 207 Å². The summed E-state index contributed by atoms with van der Waals surface area (Å²) in [6.45, 7) is 4.26. The molecule has 0 spiro atoms. The number of piperazine rings is 1. The average molecular weight is 515 g/mol. The molecule has 1 saturated heterocycles. The number of halogens is 1. The Hall–Kier alpha value is -3.78. The third kappa shape index (κ3) is 4.81. The molecule has 1 unspecified atom stereocenters. The number of anilines is 3. The lowest BCUT2D eigenvalue weighted by atomic mass is 10.2. The Bertz CT molecular complexity index is 1480. The number of rotatable bonds is 7. The largest absolute Gasteiger partial charge is 0.461 e. The number of benzene rings is 1. The van der Waals surface area contributed by atoms with Crippen LogP contribution in [-0.4, -0.2) is 86.2 Å². The smallest absolute Gasteiger partial charge is 0.259 e. The van der Waals surface area contributed by atoms with Crippen molar-refractivity contribution in [2.45, 2.75) is 4.90 Å². The number of fused-ring (bicyclic) bond motifs is 1. The fourth-order valence-electron chi connectivity index (χ4n) is 4.07. The molecule has 14 heteroatoms. The minimum atomic E-state index is -2.95. The van der Waals surface area contributed by atoms with Gasteiger partial charge in [-0.3, -0.25) is 4.90 Å². The van der Waals surface area contributed by atoms with Crippen LogP contribution in [0.2, 0.25) is 0 Å². The second kappa shape index (κ2) is 9.35. The molecule has 5 rings (SSSR count). The van der Waals surface area contributed by atoms with Crippen LogP contribution in [0.15, 0.2) is 45.9 Å². The van der Waals surface area contributed by atoms with Crippen molar-refractivity contribution in [3.8, 4) is 11.6 Å². The highest BCUT2D eigenvalue weighted by Gasteiger charge is 2.21. The fourth-order valence-corrected chi connectivity index (χ4v) is 4.72. The first-order valence-corrected chi connectivity index (χ1v) is 13.3. The van der Waals surface area contributed by atoms with Gasteiger partial charge in [0.25, 0.3) is 5.78 Å². The summed E-state index contributed by atoms with van der Waals surface area (Å²) < 4.78 is 40.9. The van der Waals surface area contributed by atoms with E-state index >= 15 is 0 Å². The van der Waals surface area contributed by atoms with Crippen LogP contribution >= 0.6 is 0 Å². The van der Waals surface area contributed by atoms with Gasteiger partial charge >= 0.3 is 0 Å². The minimum absolute atomic E-state index is 0.179. The molecule has 12 nitrogen and oxygen atoms in total. The molecule has 1 atom stereocenters. The van der Waals surface area contributed by atoms with Gasteiger partial charge in [0.1, 0.15) is 5.82 Å². The molecule has 4 aromatic rings. The topological polar surface area (TPSA) is 146 Å². The van der Waals surface area contributed by atoms with Gasteiger partial charge in [0.2, 0.25) is 17.7 Å². The first kappa shape index (κ1) is 23.9. The van der Waals surface area contributed by atoms with Crippen LogP contribution in [-0.2, 0) is 9.73 Å². The van der Waals surface area contributed by atoms with Crippen LogP contribution in [0.3, 0.4) is 0 Å². The van der Waals surface area contributed by atoms with E-state index in [1.165, 1.54) is 16.8 Å². The van der Waals surface area contributed by atoms with Crippen LogP contribution in [0.5, 0.6) is 0 Å². The van der Waals surface area contributed by atoms with Gasteiger partial charge in [0.05, 0.1) is 21.7 Å². The normalized spacial score (nSPS) is 16.4. The molecule has 1 aromatic carbocycles. The number of nitrogen functional groups attached to an aromatic ring is 1. The molecular formula is C22H27FN10O2S. The molecule has 3 aromatic heterocycles. The number of hydrogen-bond donors (Lipinski definition) is 2. The van der Waals surface area contributed by atoms with Gasteiger partial charge in [0, 0.05) is 57.5 Å². The van der Waals surface area contributed by atoms with Crippen LogP contribution in [0, 0.1) is 10.6 Å². The van der Waals surface area contributed by atoms with Crippen molar-refractivity contribution in [1.29, 1.82) is 4.78 Å². The number of furan rings is 1. The van der Waals surface area contributed by atoms with Crippen LogP contribution in [0.4, 0.5) is 22.0 Å². The first-order valence-electron chi connectivity index (χ1n) is 11.3. The van der Waals surface area contributed by atoms with Crippen LogP contribution < -0.4 is 15.5 Å². The van der Waals surface area contributed by atoms with E-state index in [0.717, 1.165) is 19.6 Å². The molecule has 0 bridgehead atoms. The molecular weight excluding hydrogens is 487 g/mol. The third-order valence-corrected chi connectivity index (χ3v) is 7.29. The molecule has 4 heterocycles. The summed E-state index contributed by atoms with van der Waals surface area (Å²) in [5, 5.41) is 4.31. The van der Waals surface area contributed by atoms with Gasteiger partial charge in [0.15, 0.2) is 5.76 Å². The molecule has 1 aliphatic rings. The van der Waals surface area contributed by atoms with Crippen LogP contribution in [0.1, 0.15) is 0 Å². The third-order valence-electron chi connectivity index (χ3n) is 6.14. The number of likely N-dealkylation sites (N-methyl/N-ethyl adjacent to an activating group) is 1. The molecule has 0 radical (unpaired) electrons. The van der Waals surface area contributed by atoms with E-state index in [0.29, 0.717) is 48.6 Å². The molecule has 1 aliphatic heterocycles. The Morgan fingerprint density at radius 2 is 1.97 bits per heavy atom. The van der Waals surface area contributed by atoms with E-state index in [1.54, 1.807) is 30.5 Å². The lowest BCUT2D eigenvalue weighted by molar-refractivity contribution is 0.262. The molecule has 0 aliphatic carbocycles. The standard InChI is InChI=1S/C22H27FN10O2S/c1-30(21-27-20(24)33-22(28-21)26-19(29-33)18-4-3-13-35-18)7-8-31-9-11-32(12-10-31)17-6-5-15(14-16(17)23)36(2,25)34/h3-6,13-14,25H,7-12H2,1-2H3,(H2,24,26,27,28,29). The molecule has 0 amide bonds. The minimum Gasteiger partial charge on any atom is -0.461 e. The van der Waals surface area contributed by atoms with Gasteiger partial charge in [-0.1, -0.05) is 0 Å². The van der Waals surface area contributed by atoms with Crippen molar-refractivity contribution >= 4 is 33.1 Å². The number of aromatic nitrogens is 5. The summed E-state index contributed by atoms with van der Waals surface area (Å²) in [7, 11) is -1.06. The maximum Gasteiger partial charge on any atom is 0.259 e. The summed E-state index contributed by atoms with van der Waals surface area (Å²) in [5.74, 6) is 1.41. The number of nitrogens with zero attached hydrogens (tertiary/aromatic N) is 8. The predicted octanol–water partition coefficient (Wildman–Crippen LogP) is 1.79. The summed E-state index contributed by atoms with van der Waals surface area (Å²) in [5.41, 5.74) is 6.57. The average Bonchev–Trinajstić information content (AvgIpc) is 3.52. The second-order valence-corrected chi connectivity index (χ2v) is 10.9. The summed E-state index contributed by atoms with van der Waals surface area (Å²) in [6.07, 6.45) is 2.84. The fraction of sp³-hybridized carbons (Fsp3) is 0.364. The maximum atomic E-state index is 14.6. The monoisotopic (exact) mass is 514 g/mol. The SMILES string of the molecule is CN(CCN1CCN(c2ccc(S(C)(=N)=O)cc2F)CC1)c1nc(N)n2nc(-c3ccco3)nc2n1. The van der Waals surface area contributed by atoms with E-state index in [-0.39, 0.29) is 10.8 Å². The number of nitrogens with two attached hydrogens (primary N) is 1. The molecule has 190 valence electrons. The van der Waals surface area contributed by atoms with Crippen molar-refractivity contribution in [3.63, 3.8) is 0 Å². The van der Waals surface area contributed by atoms with E-state index in [1.807, 2.05) is 16.8 Å². The van der Waals surface area contributed by atoms with Gasteiger partial charge < -0.3 is 20.0 Å². The zero-order valence-electron chi connectivity index (χ0n) is 20.0. The molecule has 1 fully saturated rings. The van der Waals surface area contributed by atoms with Gasteiger partial charge in [-0.15, -0.1) is 5.10 Å². The molecule has 0 saturated carbocycles. The summed E-state index contributed by atoms with van der Waals surface area (Å²) in [6, 6.07) is 7.91. The van der Waals surface area contributed by atoms with Crippen molar-refractivity contribution in [2.24, 2.45) is 0 Å². The lowest BCUT2D eigenvalue weighted by Gasteiger charge is -2.36. The highest BCUT2D eigenvalue weighted by Crippen LogP contribution is 2.24. The van der Waals surface area contributed by atoms with Crippen LogP contribution in [0.25, 0.3) is 17.4 Å².